The Morgan fingerprint density at radius 1 is 1.26 bits per heavy atom. The Labute approximate surface area is 143 Å². The molecule has 1 fully saturated rings. The molecule has 0 bridgehead atoms. The predicted molar refractivity (Wildman–Crippen MR) is 95.3 cm³/mol. The molecular formula is C18H26N2O2S. The van der Waals surface area contributed by atoms with Crippen molar-refractivity contribution < 1.29 is 9.59 Å². The van der Waals surface area contributed by atoms with Gasteiger partial charge in [-0.25, -0.2) is 0 Å². The topological polar surface area (TPSA) is 40.6 Å². The zero-order valence-corrected chi connectivity index (χ0v) is 15.2. The Morgan fingerprint density at radius 3 is 2.48 bits per heavy atom. The summed E-state index contributed by atoms with van der Waals surface area (Å²) in [5.74, 6) is 1.84. The maximum absolute atomic E-state index is 13.1. The maximum Gasteiger partial charge on any atom is 0.245 e. The molecule has 0 N–H and O–H groups in total. The summed E-state index contributed by atoms with van der Waals surface area (Å²) in [4.78, 5) is 29.3. The third kappa shape index (κ3) is 4.36. The number of hydrogen-bond donors (Lipinski definition) is 0. The molecular weight excluding hydrogens is 308 g/mol. The summed E-state index contributed by atoms with van der Waals surface area (Å²) < 4.78 is 0. The molecule has 23 heavy (non-hydrogen) atoms. The Balaban J connectivity index is 2.20. The highest BCUT2D eigenvalue weighted by Crippen LogP contribution is 2.29. The molecule has 0 saturated carbocycles. The number of likely N-dealkylation sites (N-methyl/N-ethyl adjacent to an activating group) is 1. The Morgan fingerprint density at radius 2 is 1.91 bits per heavy atom. The first kappa shape index (κ1) is 18.0. The molecule has 1 saturated heterocycles. The van der Waals surface area contributed by atoms with Gasteiger partial charge in [0, 0.05) is 12.2 Å². The summed E-state index contributed by atoms with van der Waals surface area (Å²) in [6, 6.07) is 9.15. The van der Waals surface area contributed by atoms with E-state index in [1.54, 1.807) is 16.7 Å². The van der Waals surface area contributed by atoms with Gasteiger partial charge >= 0.3 is 0 Å². The van der Waals surface area contributed by atoms with Crippen LogP contribution in [0.3, 0.4) is 0 Å². The lowest BCUT2D eigenvalue weighted by atomic mass is 10.00. The molecule has 0 aliphatic carbocycles. The summed E-state index contributed by atoms with van der Waals surface area (Å²) in [7, 11) is 3.81. The van der Waals surface area contributed by atoms with E-state index in [1.807, 2.05) is 63.2 Å². The van der Waals surface area contributed by atoms with E-state index in [2.05, 4.69) is 0 Å². The molecule has 4 nitrogen and oxygen atoms in total. The van der Waals surface area contributed by atoms with Crippen LogP contribution in [0.1, 0.15) is 31.9 Å². The Hall–Kier alpha value is -1.33. The fourth-order valence-electron chi connectivity index (χ4n) is 2.92. The first-order valence-electron chi connectivity index (χ1n) is 8.04. The van der Waals surface area contributed by atoms with Crippen molar-refractivity contribution in [3.63, 3.8) is 0 Å². The van der Waals surface area contributed by atoms with Crippen molar-refractivity contribution in [3.8, 4) is 0 Å². The second kappa shape index (κ2) is 7.97. The lowest BCUT2D eigenvalue weighted by Gasteiger charge is -2.31. The van der Waals surface area contributed by atoms with Gasteiger partial charge in [-0.15, -0.1) is 11.8 Å². The highest BCUT2D eigenvalue weighted by Gasteiger charge is 2.38. The van der Waals surface area contributed by atoms with E-state index < -0.39 is 0 Å². The van der Waals surface area contributed by atoms with E-state index in [-0.39, 0.29) is 23.8 Å². The fraction of sp³-hybridized carbons (Fsp3) is 0.556. The largest absolute Gasteiger partial charge is 0.321 e. The molecule has 0 aromatic heterocycles. The number of benzene rings is 1. The lowest BCUT2D eigenvalue weighted by molar-refractivity contribution is -0.141. The molecule has 2 rings (SSSR count). The molecule has 1 aliphatic rings. The molecule has 1 heterocycles. The second-order valence-electron chi connectivity index (χ2n) is 6.66. The SMILES string of the molecule is CC(C)CC(=O)C1CSCN1C(=O)C(c1ccccc1)N(C)C. The van der Waals surface area contributed by atoms with Crippen LogP contribution in [0.2, 0.25) is 0 Å². The van der Waals surface area contributed by atoms with Gasteiger partial charge in [-0.1, -0.05) is 44.2 Å². The summed E-state index contributed by atoms with van der Waals surface area (Å²) in [6.07, 6.45) is 0.535. The highest BCUT2D eigenvalue weighted by atomic mass is 32.2. The van der Waals surface area contributed by atoms with Crippen LogP contribution in [0.25, 0.3) is 0 Å². The van der Waals surface area contributed by atoms with Gasteiger partial charge in [-0.2, -0.15) is 0 Å². The third-order valence-corrected chi connectivity index (χ3v) is 5.02. The average Bonchev–Trinajstić information content (AvgIpc) is 2.97. The van der Waals surface area contributed by atoms with Crippen LogP contribution in [0.5, 0.6) is 0 Å². The number of nitrogens with zero attached hydrogens (tertiary/aromatic N) is 2. The molecule has 2 atom stereocenters. The third-order valence-electron chi connectivity index (χ3n) is 4.01. The number of ketones is 1. The monoisotopic (exact) mass is 334 g/mol. The van der Waals surface area contributed by atoms with Crippen LogP contribution in [0, 0.1) is 5.92 Å². The van der Waals surface area contributed by atoms with Gasteiger partial charge in [0.15, 0.2) is 5.78 Å². The molecule has 1 aromatic carbocycles. The number of thioether (sulfide) groups is 1. The standard InChI is InChI=1S/C18H26N2O2S/c1-13(2)10-16(21)15-11-23-12-20(15)18(22)17(19(3)4)14-8-6-5-7-9-14/h5-9,13,15,17H,10-12H2,1-4H3. The van der Waals surface area contributed by atoms with Gasteiger partial charge < -0.3 is 4.90 Å². The van der Waals surface area contributed by atoms with Crippen molar-refractivity contribution >= 4 is 23.5 Å². The Bertz CT molecular complexity index is 545. The fourth-order valence-corrected chi connectivity index (χ4v) is 4.12. The van der Waals surface area contributed by atoms with Crippen LogP contribution >= 0.6 is 11.8 Å². The van der Waals surface area contributed by atoms with Crippen LogP contribution in [-0.2, 0) is 9.59 Å². The molecule has 1 amide bonds. The summed E-state index contributed by atoms with van der Waals surface area (Å²) >= 11 is 1.66. The molecule has 0 spiro atoms. The highest BCUT2D eigenvalue weighted by molar-refractivity contribution is 7.99. The predicted octanol–water partition coefficient (Wildman–Crippen LogP) is 2.81. The van der Waals surface area contributed by atoms with Gasteiger partial charge in [0.1, 0.15) is 12.1 Å². The van der Waals surface area contributed by atoms with E-state index in [1.165, 1.54) is 0 Å². The van der Waals surface area contributed by atoms with Gasteiger partial charge in [0.2, 0.25) is 5.91 Å². The van der Waals surface area contributed by atoms with Crippen molar-refractivity contribution in [3.05, 3.63) is 35.9 Å². The van der Waals surface area contributed by atoms with Crippen LogP contribution in [0.15, 0.2) is 30.3 Å². The number of carbonyl (C=O) groups excluding carboxylic acids is 2. The average molecular weight is 334 g/mol. The smallest absolute Gasteiger partial charge is 0.245 e. The molecule has 2 unspecified atom stereocenters. The number of carbonyl (C=O) groups is 2. The molecule has 5 heteroatoms. The van der Waals surface area contributed by atoms with Crippen molar-refractivity contribution in [1.82, 2.24) is 9.80 Å². The minimum atomic E-state index is -0.343. The van der Waals surface area contributed by atoms with Gasteiger partial charge in [-0.3, -0.25) is 14.5 Å². The number of hydrogen-bond acceptors (Lipinski definition) is 4. The van der Waals surface area contributed by atoms with Gasteiger partial charge in [-0.05, 0) is 25.6 Å². The summed E-state index contributed by atoms with van der Waals surface area (Å²) in [5.41, 5.74) is 0.967. The second-order valence-corrected chi connectivity index (χ2v) is 7.66. The summed E-state index contributed by atoms with van der Waals surface area (Å²) in [6.45, 7) is 4.08. The quantitative estimate of drug-likeness (QED) is 0.802. The van der Waals surface area contributed by atoms with E-state index in [9.17, 15) is 9.59 Å². The van der Waals surface area contributed by atoms with Crippen molar-refractivity contribution in [2.75, 3.05) is 25.7 Å². The van der Waals surface area contributed by atoms with Crippen molar-refractivity contribution in [1.29, 1.82) is 0 Å². The maximum atomic E-state index is 13.1. The van der Waals surface area contributed by atoms with E-state index in [0.29, 0.717) is 24.0 Å². The lowest BCUT2D eigenvalue weighted by Crippen LogP contribution is -2.47. The number of rotatable bonds is 6. The van der Waals surface area contributed by atoms with Crippen LogP contribution in [-0.4, -0.2) is 53.3 Å². The van der Waals surface area contributed by atoms with Gasteiger partial charge in [0.05, 0.1) is 5.88 Å². The zero-order chi connectivity index (χ0) is 17.0. The molecule has 126 valence electrons. The zero-order valence-electron chi connectivity index (χ0n) is 14.4. The minimum Gasteiger partial charge on any atom is -0.321 e. The van der Waals surface area contributed by atoms with E-state index in [0.717, 1.165) is 5.56 Å². The number of amides is 1. The van der Waals surface area contributed by atoms with Crippen molar-refractivity contribution in [2.24, 2.45) is 5.92 Å². The van der Waals surface area contributed by atoms with Crippen molar-refractivity contribution in [2.45, 2.75) is 32.4 Å². The molecule has 0 radical (unpaired) electrons. The van der Waals surface area contributed by atoms with E-state index >= 15 is 0 Å². The molecule has 1 aromatic rings. The molecule has 1 aliphatic heterocycles. The first-order valence-corrected chi connectivity index (χ1v) is 9.19. The normalized spacial score (nSPS) is 19.4. The van der Waals surface area contributed by atoms with Crippen LogP contribution in [0.4, 0.5) is 0 Å². The number of Topliss-reactive ketones (excluding diaryl/α,β-unsaturated/α-hetero) is 1. The van der Waals surface area contributed by atoms with E-state index in [4.69, 9.17) is 0 Å². The Kier molecular flexibility index (Phi) is 6.25. The van der Waals surface area contributed by atoms with Gasteiger partial charge in [0.25, 0.3) is 0 Å². The summed E-state index contributed by atoms with van der Waals surface area (Å²) in [5, 5.41) is 0. The van der Waals surface area contributed by atoms with Crippen LogP contribution < -0.4 is 0 Å². The minimum absolute atomic E-state index is 0.0216. The first-order chi connectivity index (χ1) is 10.9.